The minimum absolute atomic E-state index is 0.222. The SMILES string of the molecule is Cc1nc2c(cc(NC(=O)N3CCN(C)CC3)n2C)c(-c2cc(F)c3c(c2C)CCCO3)c1[C@H](OC(C)(C)C)C(=O)O. The summed E-state index contributed by atoms with van der Waals surface area (Å²) < 4.78 is 29.2. The molecule has 2 N–H and O–H groups in total. The molecule has 1 aromatic carbocycles. The lowest BCUT2D eigenvalue weighted by atomic mass is 9.86. The Labute approximate surface area is 245 Å². The highest BCUT2D eigenvalue weighted by molar-refractivity contribution is 6.02. The predicted octanol–water partition coefficient (Wildman–Crippen LogP) is 5.04. The Balaban J connectivity index is 1.74. The molecule has 10 nitrogen and oxygen atoms in total. The summed E-state index contributed by atoms with van der Waals surface area (Å²) >= 11 is 0. The zero-order valence-electron chi connectivity index (χ0n) is 25.4. The Hall–Kier alpha value is -3.70. The van der Waals surface area contributed by atoms with Crippen molar-refractivity contribution in [2.45, 2.75) is 59.2 Å². The van der Waals surface area contributed by atoms with E-state index < -0.39 is 23.5 Å². The molecular formula is C31H40FN5O5. The second-order valence-electron chi connectivity index (χ2n) is 12.3. The lowest BCUT2D eigenvalue weighted by Gasteiger charge is -2.32. The van der Waals surface area contributed by atoms with Crippen LogP contribution in [0.3, 0.4) is 0 Å². The molecule has 11 heteroatoms. The number of pyridine rings is 1. The summed E-state index contributed by atoms with van der Waals surface area (Å²) in [6.07, 6.45) is 0.0407. The van der Waals surface area contributed by atoms with Crippen LogP contribution in [-0.4, -0.2) is 81.9 Å². The van der Waals surface area contributed by atoms with Gasteiger partial charge in [0.25, 0.3) is 0 Å². The molecule has 2 aromatic heterocycles. The summed E-state index contributed by atoms with van der Waals surface area (Å²) in [6.45, 7) is 12.3. The molecule has 0 saturated carbocycles. The number of carbonyl (C=O) groups is 2. The van der Waals surface area contributed by atoms with Crippen LogP contribution in [0.2, 0.25) is 0 Å². The van der Waals surface area contributed by atoms with Crippen LogP contribution in [-0.2, 0) is 23.0 Å². The number of hydrogen-bond acceptors (Lipinski definition) is 6. The molecule has 2 aliphatic rings. The standard InChI is InChI=1S/C31H40FN5O5/c1-17-19-9-8-14-41-26(19)22(32)15-20(17)25-21-16-23(34-30(40)37-12-10-35(6)11-13-37)36(7)28(21)33-18(2)24(25)27(29(38)39)42-31(3,4)5/h15-16,27H,8-14H2,1-7H3,(H,34,40)(H,38,39)/t27-/m0/s1. The number of urea groups is 1. The fraction of sp³-hybridized carbons (Fsp3) is 0.516. The number of rotatable bonds is 5. The van der Waals surface area contributed by atoms with Crippen LogP contribution >= 0.6 is 0 Å². The van der Waals surface area contributed by atoms with Crippen LogP contribution in [0.5, 0.6) is 5.75 Å². The van der Waals surface area contributed by atoms with Gasteiger partial charge in [-0.05, 0) is 77.8 Å². The fourth-order valence-electron chi connectivity index (χ4n) is 5.89. The topological polar surface area (TPSA) is 109 Å². The predicted molar refractivity (Wildman–Crippen MR) is 159 cm³/mol. The number of fused-ring (bicyclic) bond motifs is 2. The van der Waals surface area contributed by atoms with E-state index in [0.717, 1.165) is 30.6 Å². The molecule has 0 bridgehead atoms. The number of benzene rings is 1. The number of amides is 2. The number of aliphatic carboxylic acids is 1. The quantitative estimate of drug-likeness (QED) is 0.435. The average molecular weight is 582 g/mol. The molecule has 0 radical (unpaired) electrons. The Morgan fingerprint density at radius 3 is 2.48 bits per heavy atom. The van der Waals surface area contributed by atoms with Gasteiger partial charge >= 0.3 is 12.0 Å². The van der Waals surface area contributed by atoms with E-state index in [1.54, 1.807) is 50.3 Å². The molecule has 1 atom stereocenters. The van der Waals surface area contributed by atoms with Gasteiger partial charge in [-0.15, -0.1) is 0 Å². The zero-order valence-corrected chi connectivity index (χ0v) is 25.4. The maximum Gasteiger partial charge on any atom is 0.337 e. The van der Waals surface area contributed by atoms with Gasteiger partial charge in [-0.3, -0.25) is 5.32 Å². The molecule has 1 saturated heterocycles. The largest absolute Gasteiger partial charge is 0.490 e. The van der Waals surface area contributed by atoms with Crippen molar-refractivity contribution >= 4 is 28.9 Å². The first-order valence-corrected chi connectivity index (χ1v) is 14.4. The highest BCUT2D eigenvalue weighted by atomic mass is 19.1. The number of nitrogens with zero attached hydrogens (tertiary/aromatic N) is 4. The molecule has 42 heavy (non-hydrogen) atoms. The minimum atomic E-state index is -1.37. The lowest BCUT2D eigenvalue weighted by molar-refractivity contribution is -0.160. The summed E-state index contributed by atoms with van der Waals surface area (Å²) in [7, 11) is 3.82. The Kier molecular flexibility index (Phi) is 7.93. The van der Waals surface area contributed by atoms with Crippen LogP contribution in [0.1, 0.15) is 55.7 Å². The first-order chi connectivity index (χ1) is 19.8. The van der Waals surface area contributed by atoms with Crippen molar-refractivity contribution in [1.29, 1.82) is 0 Å². The lowest BCUT2D eigenvalue weighted by Crippen LogP contribution is -2.48. The van der Waals surface area contributed by atoms with Crippen LogP contribution in [0, 0.1) is 19.7 Å². The average Bonchev–Trinajstić information content (AvgIpc) is 3.23. The van der Waals surface area contributed by atoms with E-state index in [0.29, 0.717) is 65.4 Å². The van der Waals surface area contributed by atoms with Gasteiger partial charge in [-0.1, -0.05) is 0 Å². The molecule has 4 heterocycles. The Morgan fingerprint density at radius 1 is 1.14 bits per heavy atom. The normalized spacial score (nSPS) is 16.7. The van der Waals surface area contributed by atoms with E-state index in [1.807, 2.05) is 14.0 Å². The highest BCUT2D eigenvalue weighted by Gasteiger charge is 2.34. The summed E-state index contributed by atoms with van der Waals surface area (Å²) in [4.78, 5) is 34.7. The number of aromatic nitrogens is 2. The van der Waals surface area contributed by atoms with Gasteiger partial charge in [0.1, 0.15) is 11.5 Å². The number of carbonyl (C=O) groups excluding carboxylic acids is 1. The van der Waals surface area contributed by atoms with Gasteiger partial charge in [0.05, 0.1) is 12.2 Å². The van der Waals surface area contributed by atoms with E-state index in [4.69, 9.17) is 14.5 Å². The van der Waals surface area contributed by atoms with Crippen molar-refractivity contribution in [1.82, 2.24) is 19.4 Å². The first kappa shape index (κ1) is 29.8. The molecular weight excluding hydrogens is 541 g/mol. The van der Waals surface area contributed by atoms with Crippen molar-refractivity contribution in [3.8, 4) is 16.9 Å². The molecule has 0 unspecified atom stereocenters. The molecule has 5 rings (SSSR count). The van der Waals surface area contributed by atoms with Crippen LogP contribution in [0.25, 0.3) is 22.2 Å². The summed E-state index contributed by atoms with van der Waals surface area (Å²) in [5, 5.41) is 14.0. The van der Waals surface area contributed by atoms with Crippen molar-refractivity contribution in [3.05, 3.63) is 40.3 Å². The van der Waals surface area contributed by atoms with Gasteiger partial charge in [-0.2, -0.15) is 0 Å². The highest BCUT2D eigenvalue weighted by Crippen LogP contribution is 2.45. The maximum atomic E-state index is 15.6. The summed E-state index contributed by atoms with van der Waals surface area (Å²) in [5.74, 6) is -0.918. The molecule has 1 fully saturated rings. The van der Waals surface area contributed by atoms with E-state index >= 15 is 4.39 Å². The summed E-state index contributed by atoms with van der Waals surface area (Å²) in [6, 6.07) is 2.99. The Morgan fingerprint density at radius 2 is 1.83 bits per heavy atom. The molecule has 0 aliphatic carbocycles. The third-order valence-electron chi connectivity index (χ3n) is 8.09. The van der Waals surface area contributed by atoms with Gasteiger partial charge in [0.2, 0.25) is 0 Å². The number of halogens is 1. The fourth-order valence-corrected chi connectivity index (χ4v) is 5.89. The van der Waals surface area contributed by atoms with Crippen LogP contribution < -0.4 is 10.1 Å². The maximum absolute atomic E-state index is 15.6. The molecule has 2 aliphatic heterocycles. The third kappa shape index (κ3) is 5.55. The van der Waals surface area contributed by atoms with Crippen molar-refractivity contribution in [2.75, 3.05) is 45.2 Å². The monoisotopic (exact) mass is 581 g/mol. The number of nitrogens with one attached hydrogen (secondary N) is 1. The second kappa shape index (κ2) is 11.2. The van der Waals surface area contributed by atoms with Gasteiger partial charge in [0.15, 0.2) is 17.7 Å². The molecule has 0 spiro atoms. The van der Waals surface area contributed by atoms with Crippen molar-refractivity contribution < 1.29 is 28.6 Å². The number of hydrogen-bond donors (Lipinski definition) is 2. The van der Waals surface area contributed by atoms with Crippen molar-refractivity contribution in [3.63, 3.8) is 0 Å². The number of anilines is 1. The van der Waals surface area contributed by atoms with E-state index in [1.165, 1.54) is 6.07 Å². The Bertz CT molecular complexity index is 1550. The molecule has 226 valence electrons. The third-order valence-corrected chi connectivity index (χ3v) is 8.09. The number of carboxylic acids is 1. The number of carboxylic acid groups (broad SMARTS) is 1. The van der Waals surface area contributed by atoms with Gasteiger partial charge < -0.3 is 28.9 Å². The number of aryl methyl sites for hydroxylation is 2. The minimum Gasteiger partial charge on any atom is -0.490 e. The zero-order chi connectivity index (χ0) is 30.5. The smallest absolute Gasteiger partial charge is 0.337 e. The molecule has 3 aromatic rings. The van der Waals surface area contributed by atoms with Crippen LogP contribution in [0.15, 0.2) is 12.1 Å². The van der Waals surface area contributed by atoms with E-state index in [2.05, 4.69) is 10.2 Å². The first-order valence-electron chi connectivity index (χ1n) is 14.4. The number of ether oxygens (including phenoxy) is 2. The van der Waals surface area contributed by atoms with E-state index in [9.17, 15) is 14.7 Å². The second-order valence-corrected chi connectivity index (χ2v) is 12.3. The van der Waals surface area contributed by atoms with Gasteiger partial charge in [0, 0.05) is 61.0 Å². The number of likely N-dealkylation sites (N-methyl/N-ethyl adjacent to an activating group) is 1. The van der Waals surface area contributed by atoms with Gasteiger partial charge in [-0.25, -0.2) is 19.0 Å². The van der Waals surface area contributed by atoms with Crippen LogP contribution in [0.4, 0.5) is 15.0 Å². The summed E-state index contributed by atoms with van der Waals surface area (Å²) in [5.41, 5.74) is 3.20. The van der Waals surface area contributed by atoms with E-state index in [-0.39, 0.29) is 11.8 Å². The number of piperazine rings is 1. The van der Waals surface area contributed by atoms with Crippen molar-refractivity contribution in [2.24, 2.45) is 7.05 Å². The molecule has 2 amide bonds.